The van der Waals surface area contributed by atoms with Crippen LogP contribution in [0.1, 0.15) is 64.4 Å². The van der Waals surface area contributed by atoms with Crippen LogP contribution < -0.4 is 20.4 Å². The van der Waals surface area contributed by atoms with Gasteiger partial charge < -0.3 is 25.2 Å². The molecule has 2 atom stereocenters. The van der Waals surface area contributed by atoms with E-state index in [2.05, 4.69) is 52.5 Å². The van der Waals surface area contributed by atoms with Crippen LogP contribution in [0.4, 0.5) is 17.6 Å². The molecule has 0 aliphatic carbocycles. The van der Waals surface area contributed by atoms with E-state index >= 15 is 0 Å². The number of ether oxygens (including phenoxy) is 1. The van der Waals surface area contributed by atoms with Crippen molar-refractivity contribution in [2.24, 2.45) is 11.8 Å². The van der Waals surface area contributed by atoms with Crippen molar-refractivity contribution in [2.45, 2.75) is 64.2 Å². The predicted molar refractivity (Wildman–Crippen MR) is 165 cm³/mol. The van der Waals surface area contributed by atoms with Gasteiger partial charge in [-0.15, -0.1) is 0 Å². The summed E-state index contributed by atoms with van der Waals surface area (Å²) in [6.45, 7) is 10.9. The number of hydrogen-bond donors (Lipinski definition) is 2. The van der Waals surface area contributed by atoms with Gasteiger partial charge in [0.05, 0.1) is 0 Å². The molecule has 0 bridgehead atoms. The molecule has 0 spiro atoms. The SMILES string of the molecule is CC1CC(C)CN(c2cc(N3CCCCCC3)nc(NC(=S)NCC3(c4cccc(Cl)c4)CCOCC3)n2)C1. The van der Waals surface area contributed by atoms with E-state index < -0.39 is 0 Å². The first kappa shape index (κ1) is 28.4. The number of hydrogen-bond acceptors (Lipinski definition) is 6. The number of halogens is 1. The van der Waals surface area contributed by atoms with Crippen molar-refractivity contribution in [3.63, 3.8) is 0 Å². The number of thiocarbonyl (C=S) groups is 1. The van der Waals surface area contributed by atoms with Gasteiger partial charge in [0, 0.05) is 62.4 Å². The maximum Gasteiger partial charge on any atom is 0.232 e. The summed E-state index contributed by atoms with van der Waals surface area (Å²) in [6.07, 6.45) is 8.07. The van der Waals surface area contributed by atoms with Gasteiger partial charge in [-0.1, -0.05) is 50.4 Å². The fraction of sp³-hybridized carbons (Fsp3) is 0.633. The molecule has 3 fully saturated rings. The molecule has 4 heterocycles. The van der Waals surface area contributed by atoms with E-state index in [-0.39, 0.29) is 5.41 Å². The average molecular weight is 571 g/mol. The Morgan fingerprint density at radius 3 is 2.33 bits per heavy atom. The molecule has 3 saturated heterocycles. The van der Waals surface area contributed by atoms with Crippen molar-refractivity contribution in [1.29, 1.82) is 0 Å². The Morgan fingerprint density at radius 2 is 1.67 bits per heavy atom. The third kappa shape index (κ3) is 7.33. The molecule has 2 unspecified atom stereocenters. The highest BCUT2D eigenvalue weighted by Gasteiger charge is 2.35. The Morgan fingerprint density at radius 1 is 1.00 bits per heavy atom. The highest BCUT2D eigenvalue weighted by atomic mass is 35.5. The summed E-state index contributed by atoms with van der Waals surface area (Å²) in [4.78, 5) is 14.8. The maximum atomic E-state index is 6.37. The number of rotatable bonds is 6. The molecular weight excluding hydrogens is 528 g/mol. The number of piperidine rings is 1. The van der Waals surface area contributed by atoms with Gasteiger partial charge >= 0.3 is 0 Å². The van der Waals surface area contributed by atoms with E-state index in [9.17, 15) is 0 Å². The number of aromatic nitrogens is 2. The summed E-state index contributed by atoms with van der Waals surface area (Å²) in [6, 6.07) is 10.4. The van der Waals surface area contributed by atoms with Crippen molar-refractivity contribution in [1.82, 2.24) is 15.3 Å². The summed E-state index contributed by atoms with van der Waals surface area (Å²) in [5.74, 6) is 3.85. The highest BCUT2D eigenvalue weighted by Crippen LogP contribution is 2.35. The quantitative estimate of drug-likeness (QED) is 0.408. The minimum absolute atomic E-state index is 0.0884. The fourth-order valence-corrected chi connectivity index (χ4v) is 6.85. The Kier molecular flexibility index (Phi) is 9.46. The summed E-state index contributed by atoms with van der Waals surface area (Å²) in [5, 5.41) is 8.14. The van der Waals surface area contributed by atoms with Gasteiger partial charge in [0.15, 0.2) is 5.11 Å². The zero-order chi connectivity index (χ0) is 27.2. The molecule has 7 nitrogen and oxygen atoms in total. The van der Waals surface area contributed by atoms with Crippen LogP contribution in [0.2, 0.25) is 5.02 Å². The first-order valence-electron chi connectivity index (χ1n) is 14.7. The smallest absolute Gasteiger partial charge is 0.232 e. The summed E-state index contributed by atoms with van der Waals surface area (Å²) < 4.78 is 5.71. The molecule has 0 saturated carbocycles. The molecule has 212 valence electrons. The molecule has 9 heteroatoms. The van der Waals surface area contributed by atoms with Crippen molar-refractivity contribution in [3.8, 4) is 0 Å². The van der Waals surface area contributed by atoms with Crippen LogP contribution >= 0.6 is 23.8 Å². The first-order valence-corrected chi connectivity index (χ1v) is 15.5. The second-order valence-corrected chi connectivity index (χ2v) is 12.7. The maximum absolute atomic E-state index is 6.37. The summed E-state index contributed by atoms with van der Waals surface area (Å²) in [7, 11) is 0. The van der Waals surface area contributed by atoms with Crippen LogP contribution in [0, 0.1) is 11.8 Å². The molecule has 3 aliphatic heterocycles. The Balaban J connectivity index is 1.34. The minimum Gasteiger partial charge on any atom is -0.381 e. The predicted octanol–water partition coefficient (Wildman–Crippen LogP) is 6.03. The molecule has 39 heavy (non-hydrogen) atoms. The monoisotopic (exact) mass is 570 g/mol. The van der Waals surface area contributed by atoms with Crippen LogP contribution in [0.3, 0.4) is 0 Å². The van der Waals surface area contributed by atoms with Crippen molar-refractivity contribution in [2.75, 3.05) is 61.1 Å². The van der Waals surface area contributed by atoms with E-state index in [4.69, 9.17) is 38.5 Å². The summed E-state index contributed by atoms with van der Waals surface area (Å²) >= 11 is 12.2. The van der Waals surface area contributed by atoms with Crippen molar-refractivity contribution >= 4 is 46.5 Å². The second-order valence-electron chi connectivity index (χ2n) is 11.9. The lowest BCUT2D eigenvalue weighted by Crippen LogP contribution is -2.45. The zero-order valence-electron chi connectivity index (χ0n) is 23.4. The van der Waals surface area contributed by atoms with E-state index in [1.165, 1.54) is 37.7 Å². The van der Waals surface area contributed by atoms with Crippen LogP contribution in [0.25, 0.3) is 0 Å². The largest absolute Gasteiger partial charge is 0.381 e. The third-order valence-electron chi connectivity index (χ3n) is 8.52. The van der Waals surface area contributed by atoms with Gasteiger partial charge in [0.25, 0.3) is 0 Å². The normalized spacial score (nSPS) is 23.7. The standard InChI is InChI=1S/C30H43ClN6OS/c1-22-16-23(2)20-37(19-22)27-18-26(36-12-5-3-4-6-13-36)33-28(34-27)35-29(39)32-21-30(10-14-38-15-11-30)24-8-7-9-25(31)17-24/h7-9,17-18,22-23H,3-6,10-16,19-21H2,1-2H3,(H2,32,33,34,35,39). The fourth-order valence-electron chi connectivity index (χ4n) is 6.49. The molecule has 0 amide bonds. The molecule has 1 aromatic carbocycles. The Labute approximate surface area is 244 Å². The number of anilines is 3. The molecule has 2 aromatic rings. The molecule has 0 radical (unpaired) electrons. The van der Waals surface area contributed by atoms with Gasteiger partial charge in [0.1, 0.15) is 11.6 Å². The Bertz CT molecular complexity index is 1110. The highest BCUT2D eigenvalue weighted by molar-refractivity contribution is 7.80. The molecule has 3 aliphatic rings. The molecule has 1 aromatic heterocycles. The molecule has 5 rings (SSSR count). The van der Waals surface area contributed by atoms with Gasteiger partial charge in [-0.3, -0.25) is 0 Å². The average Bonchev–Trinajstić information content (AvgIpc) is 3.22. The lowest BCUT2D eigenvalue weighted by atomic mass is 9.74. The number of nitrogens with zero attached hydrogens (tertiary/aromatic N) is 4. The molecular formula is C30H43ClN6OS. The third-order valence-corrected chi connectivity index (χ3v) is 9.00. The van der Waals surface area contributed by atoms with Gasteiger partial charge in [0.2, 0.25) is 5.95 Å². The van der Waals surface area contributed by atoms with Crippen LogP contribution in [-0.4, -0.2) is 61.0 Å². The van der Waals surface area contributed by atoms with Gasteiger partial charge in [-0.25, -0.2) is 0 Å². The van der Waals surface area contributed by atoms with Crippen molar-refractivity contribution in [3.05, 3.63) is 40.9 Å². The van der Waals surface area contributed by atoms with Crippen LogP contribution in [0.5, 0.6) is 0 Å². The van der Waals surface area contributed by atoms with Crippen molar-refractivity contribution < 1.29 is 4.74 Å². The first-order chi connectivity index (χ1) is 18.9. The minimum atomic E-state index is -0.0884. The summed E-state index contributed by atoms with van der Waals surface area (Å²) in [5.41, 5.74) is 1.14. The van der Waals surface area contributed by atoms with Crippen LogP contribution in [0.15, 0.2) is 30.3 Å². The van der Waals surface area contributed by atoms with E-state index in [0.29, 0.717) is 29.4 Å². The van der Waals surface area contributed by atoms with Crippen LogP contribution in [-0.2, 0) is 10.2 Å². The van der Waals surface area contributed by atoms with E-state index in [1.807, 2.05) is 12.1 Å². The zero-order valence-corrected chi connectivity index (χ0v) is 25.0. The van der Waals surface area contributed by atoms with E-state index in [0.717, 1.165) is 68.9 Å². The van der Waals surface area contributed by atoms with E-state index in [1.54, 1.807) is 0 Å². The van der Waals surface area contributed by atoms with Gasteiger partial charge in [-0.2, -0.15) is 9.97 Å². The lowest BCUT2D eigenvalue weighted by Gasteiger charge is -2.38. The second kappa shape index (κ2) is 13.0. The lowest BCUT2D eigenvalue weighted by molar-refractivity contribution is 0.0515. The van der Waals surface area contributed by atoms with Gasteiger partial charge in [-0.05, 0) is 73.9 Å². The number of benzene rings is 1. The number of nitrogens with one attached hydrogen (secondary N) is 2. The molecule has 2 N–H and O–H groups in total. The topological polar surface area (TPSA) is 65.5 Å². The Hall–Kier alpha value is -2.16.